The third kappa shape index (κ3) is 9.22. The molecule has 10 nitrogen and oxygen atoms in total. The molecule has 0 saturated carbocycles. The van der Waals surface area contributed by atoms with E-state index < -0.39 is 0 Å². The minimum atomic E-state index is -0.289. The standard InChI is InChI=1S/C42H54FN9O/c1-28-23-32(7-11-36(28)29(2)47-4)41(44)37-24-33(26-48-42(37)45)31-5-9-35(10-6-31)51-21-19-50(20-22-51)27-30-14-17-52(18-15-30)39-25-34(43)8-12-38(39)49-40(53)13-16-46-3/h5-12,23-26,29-30,44,46-47H,13-22,27H2,1-4H3,(H2,45,48)(H,49,53)/t29-/m1/s1. The molecule has 2 saturated heterocycles. The SMILES string of the molecule is CNCCC(=O)Nc1ccc(F)cc1N1CCC(CN2CCN(c3ccc(-c4cnc(N)c(C(=N)c5ccc([C@@H](C)NC)c(C)c5)c4)cc3)CC2)CC1. The van der Waals surface area contributed by atoms with Crippen molar-refractivity contribution in [2.24, 2.45) is 5.92 Å². The zero-order chi connectivity index (χ0) is 37.5. The van der Waals surface area contributed by atoms with Gasteiger partial charge in [-0.15, -0.1) is 0 Å². The number of nitrogen functional groups attached to an aromatic ring is 1. The van der Waals surface area contributed by atoms with Crippen molar-refractivity contribution in [2.45, 2.75) is 39.2 Å². The van der Waals surface area contributed by atoms with E-state index in [1.165, 1.54) is 17.3 Å². The fourth-order valence-corrected chi connectivity index (χ4v) is 7.56. The van der Waals surface area contributed by atoms with Gasteiger partial charge in [0.15, 0.2) is 0 Å². The van der Waals surface area contributed by atoms with E-state index in [1.807, 2.05) is 26.2 Å². The van der Waals surface area contributed by atoms with E-state index in [4.69, 9.17) is 11.1 Å². The third-order valence-electron chi connectivity index (χ3n) is 10.9. The number of anilines is 4. The summed E-state index contributed by atoms with van der Waals surface area (Å²) < 4.78 is 14.3. The van der Waals surface area contributed by atoms with Crippen molar-refractivity contribution in [3.05, 3.63) is 101 Å². The average molecular weight is 720 g/mol. The van der Waals surface area contributed by atoms with Gasteiger partial charge < -0.3 is 31.5 Å². The van der Waals surface area contributed by atoms with Crippen LogP contribution in [0, 0.1) is 24.1 Å². The number of carbonyl (C=O) groups excluding carboxylic acids is 1. The molecule has 0 spiro atoms. The fourth-order valence-electron chi connectivity index (χ4n) is 7.56. The van der Waals surface area contributed by atoms with E-state index in [0.717, 1.165) is 86.6 Å². The first-order valence-electron chi connectivity index (χ1n) is 18.8. The number of amides is 1. The van der Waals surface area contributed by atoms with Gasteiger partial charge in [-0.2, -0.15) is 0 Å². The molecule has 2 fully saturated rings. The number of halogens is 1. The molecule has 0 aliphatic carbocycles. The number of piperidine rings is 1. The van der Waals surface area contributed by atoms with Gasteiger partial charge in [0.05, 0.1) is 17.1 Å². The highest BCUT2D eigenvalue weighted by atomic mass is 19.1. The molecule has 11 heteroatoms. The summed E-state index contributed by atoms with van der Waals surface area (Å²) in [7, 11) is 3.77. The van der Waals surface area contributed by atoms with Crippen molar-refractivity contribution < 1.29 is 9.18 Å². The number of hydrogen-bond donors (Lipinski definition) is 5. The lowest BCUT2D eigenvalue weighted by molar-refractivity contribution is -0.116. The number of benzene rings is 3. The minimum Gasteiger partial charge on any atom is -0.383 e. The van der Waals surface area contributed by atoms with Gasteiger partial charge in [-0.25, -0.2) is 9.37 Å². The molecule has 4 aromatic rings. The molecule has 3 aromatic carbocycles. The number of aryl methyl sites for hydroxylation is 1. The zero-order valence-electron chi connectivity index (χ0n) is 31.5. The first-order chi connectivity index (χ1) is 25.6. The number of pyridine rings is 1. The van der Waals surface area contributed by atoms with Crippen LogP contribution >= 0.6 is 0 Å². The predicted molar refractivity (Wildman–Crippen MR) is 216 cm³/mol. The Bertz CT molecular complexity index is 1880. The van der Waals surface area contributed by atoms with E-state index in [-0.39, 0.29) is 17.8 Å². The molecule has 0 unspecified atom stereocenters. The smallest absolute Gasteiger partial charge is 0.225 e. The lowest BCUT2D eigenvalue weighted by atomic mass is 9.94. The summed E-state index contributed by atoms with van der Waals surface area (Å²) in [6, 6.07) is 21.6. The monoisotopic (exact) mass is 719 g/mol. The van der Waals surface area contributed by atoms with Crippen LogP contribution in [0.25, 0.3) is 11.1 Å². The van der Waals surface area contributed by atoms with Crippen LogP contribution < -0.4 is 31.5 Å². The van der Waals surface area contributed by atoms with Gasteiger partial charge in [0.25, 0.3) is 0 Å². The lowest BCUT2D eigenvalue weighted by Gasteiger charge is -2.40. The van der Waals surface area contributed by atoms with Crippen molar-refractivity contribution in [3.63, 3.8) is 0 Å². The van der Waals surface area contributed by atoms with Gasteiger partial charge in [0.1, 0.15) is 11.6 Å². The molecule has 2 aliphatic rings. The number of aromatic nitrogens is 1. The second-order valence-electron chi connectivity index (χ2n) is 14.4. The van der Waals surface area contributed by atoms with Crippen molar-refractivity contribution in [3.8, 4) is 11.1 Å². The maximum atomic E-state index is 14.3. The van der Waals surface area contributed by atoms with Crippen LogP contribution in [0.15, 0.2) is 72.9 Å². The van der Waals surface area contributed by atoms with Crippen molar-refractivity contribution >= 4 is 34.5 Å². The molecule has 1 aromatic heterocycles. The van der Waals surface area contributed by atoms with Gasteiger partial charge in [-0.3, -0.25) is 15.1 Å². The van der Waals surface area contributed by atoms with Crippen LogP contribution in [-0.4, -0.2) is 88.0 Å². The minimum absolute atomic E-state index is 0.0736. The highest BCUT2D eigenvalue weighted by molar-refractivity contribution is 6.14. The van der Waals surface area contributed by atoms with Crippen LogP contribution in [-0.2, 0) is 4.79 Å². The second kappa shape index (κ2) is 17.3. The lowest BCUT2D eigenvalue weighted by Crippen LogP contribution is -2.49. The van der Waals surface area contributed by atoms with Crippen LogP contribution in [0.4, 0.5) is 27.3 Å². The summed E-state index contributed by atoms with van der Waals surface area (Å²) in [4.78, 5) is 24.1. The number of nitrogens with one attached hydrogen (secondary N) is 4. The molecular weight excluding hydrogens is 666 g/mol. The Kier molecular flexibility index (Phi) is 12.4. The van der Waals surface area contributed by atoms with Crippen molar-refractivity contribution in [1.82, 2.24) is 20.5 Å². The number of hydrogen-bond acceptors (Lipinski definition) is 9. The summed E-state index contributed by atoms with van der Waals surface area (Å²) in [6.07, 6.45) is 4.23. The Morgan fingerprint density at radius 1 is 0.943 bits per heavy atom. The Morgan fingerprint density at radius 2 is 1.68 bits per heavy atom. The van der Waals surface area contributed by atoms with Gasteiger partial charge in [-0.05, 0) is 106 Å². The van der Waals surface area contributed by atoms with E-state index in [0.29, 0.717) is 41.7 Å². The van der Waals surface area contributed by atoms with Gasteiger partial charge in [-0.1, -0.05) is 24.3 Å². The zero-order valence-corrected chi connectivity index (χ0v) is 31.5. The fraction of sp³-hybridized carbons (Fsp3) is 0.405. The Labute approximate surface area is 313 Å². The molecule has 3 heterocycles. The van der Waals surface area contributed by atoms with Gasteiger partial charge in [0.2, 0.25) is 5.91 Å². The van der Waals surface area contributed by atoms with Gasteiger partial charge >= 0.3 is 0 Å². The van der Waals surface area contributed by atoms with Gasteiger partial charge in [0, 0.05) is 93.4 Å². The van der Waals surface area contributed by atoms with Crippen LogP contribution in [0.1, 0.15) is 54.5 Å². The number of nitrogens with zero attached hydrogens (tertiary/aromatic N) is 4. The molecule has 53 heavy (non-hydrogen) atoms. The topological polar surface area (TPSA) is 126 Å². The second-order valence-corrected chi connectivity index (χ2v) is 14.4. The molecule has 6 rings (SSSR count). The Hall–Kier alpha value is -4.84. The summed E-state index contributed by atoms with van der Waals surface area (Å²) in [6.45, 7) is 11.5. The molecule has 0 bridgehead atoms. The maximum Gasteiger partial charge on any atom is 0.225 e. The van der Waals surface area contributed by atoms with Crippen LogP contribution in [0.3, 0.4) is 0 Å². The highest BCUT2D eigenvalue weighted by Gasteiger charge is 2.26. The van der Waals surface area contributed by atoms with Crippen molar-refractivity contribution in [1.29, 1.82) is 5.41 Å². The molecule has 280 valence electrons. The molecule has 0 radical (unpaired) electrons. The number of nitrogens with two attached hydrogens (primary N) is 1. The maximum absolute atomic E-state index is 14.3. The summed E-state index contributed by atoms with van der Waals surface area (Å²) in [5.74, 6) is 0.578. The number of carbonyl (C=O) groups is 1. The number of piperazine rings is 1. The largest absolute Gasteiger partial charge is 0.383 e. The molecule has 2 aliphatic heterocycles. The van der Waals surface area contributed by atoms with Crippen LogP contribution in [0.5, 0.6) is 0 Å². The van der Waals surface area contributed by atoms with E-state index in [9.17, 15) is 9.18 Å². The Morgan fingerprint density at radius 3 is 2.36 bits per heavy atom. The molecule has 6 N–H and O–H groups in total. The average Bonchev–Trinajstić information content (AvgIpc) is 3.18. The van der Waals surface area contributed by atoms with E-state index >= 15 is 0 Å². The predicted octanol–water partition coefficient (Wildman–Crippen LogP) is 6.06. The molecule has 1 atom stereocenters. The quantitative estimate of drug-likeness (QED) is 0.106. The Balaban J connectivity index is 1.01. The first-order valence-corrected chi connectivity index (χ1v) is 18.8. The summed E-state index contributed by atoms with van der Waals surface area (Å²) in [5, 5.41) is 18.2. The normalized spacial score (nSPS) is 16.1. The summed E-state index contributed by atoms with van der Waals surface area (Å²) in [5.41, 5.74) is 15.1. The first kappa shape index (κ1) is 37.9. The molecular formula is C42H54FN9O. The van der Waals surface area contributed by atoms with Crippen LogP contribution in [0.2, 0.25) is 0 Å². The third-order valence-corrected chi connectivity index (χ3v) is 10.9. The van der Waals surface area contributed by atoms with E-state index in [2.05, 4.69) is 85.9 Å². The molecule has 1 amide bonds. The van der Waals surface area contributed by atoms with E-state index in [1.54, 1.807) is 18.3 Å². The van der Waals surface area contributed by atoms with Crippen molar-refractivity contribution in [2.75, 3.05) is 87.3 Å². The highest BCUT2D eigenvalue weighted by Crippen LogP contribution is 2.32. The number of rotatable bonds is 13. The summed E-state index contributed by atoms with van der Waals surface area (Å²) >= 11 is 0.